The molecule has 108 valence electrons. The molecule has 0 heterocycles. The Kier molecular flexibility index (Phi) is 6.55. The third-order valence-electron chi connectivity index (χ3n) is 2.60. The number of nitrogens with zero attached hydrogens (tertiary/aromatic N) is 1. The average Bonchev–Trinajstić information content (AvgIpc) is 2.40. The van der Waals surface area contributed by atoms with Crippen molar-refractivity contribution in [2.24, 2.45) is 0 Å². The molecule has 1 aromatic carbocycles. The van der Waals surface area contributed by atoms with Crippen LogP contribution < -0.4 is 10.2 Å². The summed E-state index contributed by atoms with van der Waals surface area (Å²) in [5.41, 5.74) is 0.614. The molecule has 0 aliphatic heterocycles. The summed E-state index contributed by atoms with van der Waals surface area (Å²) in [6.07, 6.45) is 1.80. The number of benzene rings is 1. The highest BCUT2D eigenvalue weighted by Crippen LogP contribution is 2.27. The molecule has 0 aromatic heterocycles. The molecule has 0 atom stereocenters. The van der Waals surface area contributed by atoms with Gasteiger partial charge in [-0.05, 0) is 18.2 Å². The number of nitrogens with one attached hydrogen (secondary N) is 1. The first-order valence-electron chi connectivity index (χ1n) is 6.06. The van der Waals surface area contributed by atoms with Gasteiger partial charge in [0.15, 0.2) is 0 Å². The van der Waals surface area contributed by atoms with Gasteiger partial charge in [0.05, 0.1) is 10.0 Å². The molecular weight excluding hydrogens is 299 g/mol. The standard InChI is InChI=1S/C14H16Cl2N2O2/c1-3-7-17-14(20)6-8-18(10(2)19)11-4-5-12(15)13(16)9-11/h3-5,9H,1,6-8H2,2H3,(H,17,20). The van der Waals surface area contributed by atoms with Gasteiger partial charge in [-0.1, -0.05) is 29.3 Å². The largest absolute Gasteiger partial charge is 0.353 e. The van der Waals surface area contributed by atoms with E-state index in [4.69, 9.17) is 23.2 Å². The minimum absolute atomic E-state index is 0.142. The molecule has 2 amide bonds. The van der Waals surface area contributed by atoms with Crippen LogP contribution in [0.15, 0.2) is 30.9 Å². The molecule has 20 heavy (non-hydrogen) atoms. The van der Waals surface area contributed by atoms with Gasteiger partial charge in [-0.3, -0.25) is 9.59 Å². The van der Waals surface area contributed by atoms with Crippen LogP contribution in [0.25, 0.3) is 0 Å². The number of carbonyl (C=O) groups excluding carboxylic acids is 2. The van der Waals surface area contributed by atoms with Crippen LogP contribution in [-0.4, -0.2) is 24.9 Å². The maximum absolute atomic E-state index is 11.7. The summed E-state index contributed by atoms with van der Waals surface area (Å²) in [7, 11) is 0. The van der Waals surface area contributed by atoms with Crippen molar-refractivity contribution in [3.05, 3.63) is 40.9 Å². The zero-order valence-corrected chi connectivity index (χ0v) is 12.7. The van der Waals surface area contributed by atoms with Crippen LogP contribution in [0.5, 0.6) is 0 Å². The third kappa shape index (κ3) is 4.87. The van der Waals surface area contributed by atoms with Gasteiger partial charge in [-0.2, -0.15) is 0 Å². The van der Waals surface area contributed by atoms with Crippen LogP contribution in [0.3, 0.4) is 0 Å². The summed E-state index contributed by atoms with van der Waals surface area (Å²) in [4.78, 5) is 24.7. The molecule has 0 aliphatic rings. The molecule has 1 rings (SSSR count). The Morgan fingerprint density at radius 2 is 2.05 bits per heavy atom. The fraction of sp³-hybridized carbons (Fsp3) is 0.286. The van der Waals surface area contributed by atoms with Gasteiger partial charge < -0.3 is 10.2 Å². The van der Waals surface area contributed by atoms with E-state index in [0.717, 1.165) is 0 Å². The molecule has 6 heteroatoms. The topological polar surface area (TPSA) is 49.4 Å². The Morgan fingerprint density at radius 3 is 2.60 bits per heavy atom. The van der Waals surface area contributed by atoms with Crippen molar-refractivity contribution < 1.29 is 9.59 Å². The van der Waals surface area contributed by atoms with Crippen LogP contribution in [0.4, 0.5) is 5.69 Å². The molecular formula is C14H16Cl2N2O2. The Bertz CT molecular complexity index is 518. The first-order chi connectivity index (χ1) is 9.45. The summed E-state index contributed by atoms with van der Waals surface area (Å²) in [5.74, 6) is -0.309. The SMILES string of the molecule is C=CCNC(=O)CCN(C(C)=O)c1ccc(Cl)c(Cl)c1. The molecule has 0 saturated heterocycles. The van der Waals surface area contributed by atoms with Crippen molar-refractivity contribution in [3.63, 3.8) is 0 Å². The highest BCUT2D eigenvalue weighted by molar-refractivity contribution is 6.42. The van der Waals surface area contributed by atoms with E-state index in [0.29, 0.717) is 22.3 Å². The molecule has 0 spiro atoms. The minimum Gasteiger partial charge on any atom is -0.353 e. The van der Waals surface area contributed by atoms with Crippen molar-refractivity contribution in [2.45, 2.75) is 13.3 Å². The minimum atomic E-state index is -0.167. The first kappa shape index (κ1) is 16.5. The van der Waals surface area contributed by atoms with E-state index in [1.54, 1.807) is 24.3 Å². The highest BCUT2D eigenvalue weighted by atomic mass is 35.5. The van der Waals surface area contributed by atoms with E-state index in [1.807, 2.05) is 0 Å². The predicted octanol–water partition coefficient (Wildman–Crippen LogP) is 3.04. The van der Waals surface area contributed by atoms with Gasteiger partial charge in [0.1, 0.15) is 0 Å². The fourth-order valence-electron chi connectivity index (χ4n) is 1.61. The van der Waals surface area contributed by atoms with Crippen molar-refractivity contribution >= 4 is 40.7 Å². The summed E-state index contributed by atoms with van der Waals surface area (Å²) in [5, 5.41) is 3.44. The highest BCUT2D eigenvalue weighted by Gasteiger charge is 2.14. The average molecular weight is 315 g/mol. The molecule has 0 bridgehead atoms. The lowest BCUT2D eigenvalue weighted by atomic mass is 10.2. The number of halogens is 2. The molecule has 4 nitrogen and oxygen atoms in total. The van der Waals surface area contributed by atoms with E-state index in [1.165, 1.54) is 11.8 Å². The van der Waals surface area contributed by atoms with E-state index in [-0.39, 0.29) is 24.8 Å². The summed E-state index contributed by atoms with van der Waals surface area (Å²) < 4.78 is 0. The number of rotatable bonds is 6. The van der Waals surface area contributed by atoms with E-state index in [9.17, 15) is 9.59 Å². The van der Waals surface area contributed by atoms with Crippen LogP contribution in [0, 0.1) is 0 Å². The number of hydrogen-bond acceptors (Lipinski definition) is 2. The van der Waals surface area contributed by atoms with Gasteiger partial charge in [-0.15, -0.1) is 6.58 Å². The van der Waals surface area contributed by atoms with Crippen molar-refractivity contribution in [1.29, 1.82) is 0 Å². The Morgan fingerprint density at radius 1 is 1.35 bits per heavy atom. The normalized spacial score (nSPS) is 9.95. The Balaban J connectivity index is 2.74. The summed E-state index contributed by atoms with van der Waals surface area (Å²) in [6, 6.07) is 4.91. The van der Waals surface area contributed by atoms with Crippen LogP contribution in [-0.2, 0) is 9.59 Å². The van der Waals surface area contributed by atoms with Crippen LogP contribution in [0.1, 0.15) is 13.3 Å². The molecule has 0 saturated carbocycles. The number of anilines is 1. The second-order valence-electron chi connectivity index (χ2n) is 4.11. The molecule has 0 fully saturated rings. The zero-order chi connectivity index (χ0) is 15.1. The van der Waals surface area contributed by atoms with Gasteiger partial charge in [0.2, 0.25) is 11.8 Å². The molecule has 1 aromatic rings. The summed E-state index contributed by atoms with van der Waals surface area (Å²) in [6.45, 7) is 5.63. The second-order valence-corrected chi connectivity index (χ2v) is 4.93. The molecule has 0 unspecified atom stereocenters. The van der Waals surface area contributed by atoms with E-state index in [2.05, 4.69) is 11.9 Å². The summed E-state index contributed by atoms with van der Waals surface area (Å²) >= 11 is 11.8. The van der Waals surface area contributed by atoms with Gasteiger partial charge in [0.25, 0.3) is 0 Å². The maximum atomic E-state index is 11.7. The quantitative estimate of drug-likeness (QED) is 0.820. The lowest BCUT2D eigenvalue weighted by molar-refractivity contribution is -0.120. The van der Waals surface area contributed by atoms with Gasteiger partial charge in [-0.25, -0.2) is 0 Å². The van der Waals surface area contributed by atoms with Gasteiger partial charge >= 0.3 is 0 Å². The molecule has 0 radical (unpaired) electrons. The number of carbonyl (C=O) groups is 2. The Labute approximate surface area is 128 Å². The van der Waals surface area contributed by atoms with Crippen molar-refractivity contribution in [2.75, 3.05) is 18.0 Å². The van der Waals surface area contributed by atoms with Gasteiger partial charge in [0, 0.05) is 32.1 Å². The zero-order valence-electron chi connectivity index (χ0n) is 11.2. The lowest BCUT2D eigenvalue weighted by Gasteiger charge is -2.21. The first-order valence-corrected chi connectivity index (χ1v) is 6.82. The lowest BCUT2D eigenvalue weighted by Crippen LogP contribution is -2.33. The number of amides is 2. The Hall–Kier alpha value is -1.52. The fourth-order valence-corrected chi connectivity index (χ4v) is 1.90. The number of hydrogen-bond donors (Lipinski definition) is 1. The predicted molar refractivity (Wildman–Crippen MR) is 82.3 cm³/mol. The van der Waals surface area contributed by atoms with Crippen LogP contribution in [0.2, 0.25) is 10.0 Å². The second kappa shape index (κ2) is 7.92. The molecule has 0 aliphatic carbocycles. The van der Waals surface area contributed by atoms with Crippen molar-refractivity contribution in [3.8, 4) is 0 Å². The van der Waals surface area contributed by atoms with E-state index >= 15 is 0 Å². The molecule has 1 N–H and O–H groups in total. The monoisotopic (exact) mass is 314 g/mol. The van der Waals surface area contributed by atoms with Crippen molar-refractivity contribution in [1.82, 2.24) is 5.32 Å². The van der Waals surface area contributed by atoms with E-state index < -0.39 is 0 Å². The maximum Gasteiger partial charge on any atom is 0.223 e. The van der Waals surface area contributed by atoms with Crippen LogP contribution >= 0.6 is 23.2 Å². The smallest absolute Gasteiger partial charge is 0.223 e. The third-order valence-corrected chi connectivity index (χ3v) is 3.34.